The number of carbonyl (C=O) groups excluding carboxylic acids is 5. The molecule has 2 saturated heterocycles. The fraction of sp³-hybridized carbons (Fsp3) is 0.621. The smallest absolute Gasteiger partial charge is 0.324 e. The summed E-state index contributed by atoms with van der Waals surface area (Å²) in [5.74, 6) is -1.05. The molecule has 48 heavy (non-hydrogen) atoms. The molecule has 4 heterocycles. The molecule has 0 spiro atoms. The number of thiazole rings is 2. The van der Waals surface area contributed by atoms with Gasteiger partial charge in [0.2, 0.25) is 5.91 Å². The van der Waals surface area contributed by atoms with Crippen LogP contribution in [0.2, 0.25) is 0 Å². The Morgan fingerprint density at radius 2 is 1.40 bits per heavy atom. The van der Waals surface area contributed by atoms with Crippen LogP contribution >= 0.6 is 54.5 Å². The van der Waals surface area contributed by atoms with Crippen molar-refractivity contribution >= 4 is 84.2 Å². The molecule has 6 atom stereocenters. The third-order valence-electron chi connectivity index (χ3n) is 8.07. The molecule has 264 valence electrons. The van der Waals surface area contributed by atoms with Gasteiger partial charge < -0.3 is 20.5 Å². The van der Waals surface area contributed by atoms with Gasteiger partial charge in [-0.05, 0) is 69.9 Å². The average molecular weight is 837 g/mol. The van der Waals surface area contributed by atoms with E-state index in [-0.39, 0.29) is 29.6 Å². The number of esters is 2. The van der Waals surface area contributed by atoms with E-state index >= 15 is 0 Å². The number of hydrogen-bond donors (Lipinski definition) is 4. The first-order valence-electron chi connectivity index (χ1n) is 15.5. The lowest BCUT2D eigenvalue weighted by atomic mass is 10.1. The summed E-state index contributed by atoms with van der Waals surface area (Å²) in [6.45, 7) is 3.02. The minimum Gasteiger partial charge on any atom is -0.468 e. The van der Waals surface area contributed by atoms with Gasteiger partial charge in [0.25, 0.3) is 11.8 Å². The van der Waals surface area contributed by atoms with Gasteiger partial charge in [-0.3, -0.25) is 34.0 Å². The molecule has 15 nitrogen and oxygen atoms in total. The van der Waals surface area contributed by atoms with Crippen molar-refractivity contribution in [2.75, 3.05) is 27.3 Å². The third kappa shape index (κ3) is 10.7. The summed E-state index contributed by atoms with van der Waals surface area (Å²) in [6.07, 6.45) is 4.19. The highest BCUT2D eigenvalue weighted by molar-refractivity contribution is 9.10. The number of amides is 3. The fourth-order valence-corrected chi connectivity index (χ4v) is 7.92. The van der Waals surface area contributed by atoms with Crippen molar-refractivity contribution < 1.29 is 33.4 Å². The van der Waals surface area contributed by atoms with Crippen LogP contribution < -0.4 is 21.9 Å². The highest BCUT2D eigenvalue weighted by Gasteiger charge is 2.41. The maximum Gasteiger partial charge on any atom is 0.324 e. The summed E-state index contributed by atoms with van der Waals surface area (Å²) in [5, 5.41) is 11.0. The van der Waals surface area contributed by atoms with Crippen molar-refractivity contribution in [3.63, 3.8) is 0 Å². The molecule has 2 aromatic rings. The van der Waals surface area contributed by atoms with Gasteiger partial charge in [-0.1, -0.05) is 6.92 Å². The van der Waals surface area contributed by atoms with Gasteiger partial charge in [0.15, 0.2) is 0 Å². The second-order valence-corrected chi connectivity index (χ2v) is 15.2. The lowest BCUT2D eigenvalue weighted by Crippen LogP contribution is -2.60. The van der Waals surface area contributed by atoms with Crippen LogP contribution in [0.4, 0.5) is 0 Å². The zero-order valence-electron chi connectivity index (χ0n) is 26.8. The van der Waals surface area contributed by atoms with Crippen LogP contribution in [-0.4, -0.2) is 101 Å². The molecule has 1 saturated carbocycles. The summed E-state index contributed by atoms with van der Waals surface area (Å²) in [4.78, 5) is 69.7. The molecule has 5 rings (SSSR count). The second kappa shape index (κ2) is 17.9. The predicted octanol–water partition coefficient (Wildman–Crippen LogP) is 1.70. The third-order valence-corrected chi connectivity index (χ3v) is 11.2. The number of nitrogens with one attached hydrogen (secondary N) is 3. The van der Waals surface area contributed by atoms with Crippen LogP contribution in [0.25, 0.3) is 0 Å². The number of aromatic nitrogens is 2. The molecule has 19 heteroatoms. The lowest BCUT2D eigenvalue weighted by molar-refractivity contribution is -0.151. The minimum absolute atomic E-state index is 0.0273. The Labute approximate surface area is 303 Å². The molecular weight excluding hydrogens is 796 g/mol. The Morgan fingerprint density at radius 3 is 1.83 bits per heavy atom. The Bertz CT molecular complexity index is 1460. The van der Waals surface area contributed by atoms with Gasteiger partial charge >= 0.3 is 11.9 Å². The van der Waals surface area contributed by atoms with Crippen molar-refractivity contribution in [1.29, 1.82) is 0 Å². The molecule has 3 fully saturated rings. The van der Waals surface area contributed by atoms with E-state index in [1.807, 2.05) is 17.7 Å². The summed E-state index contributed by atoms with van der Waals surface area (Å²) in [7, 11) is 2.65. The number of halogens is 2. The first-order valence-corrected chi connectivity index (χ1v) is 18.8. The number of rotatable bonds is 10. The van der Waals surface area contributed by atoms with E-state index in [0.29, 0.717) is 55.7 Å². The van der Waals surface area contributed by atoms with E-state index in [0.717, 1.165) is 27.5 Å². The zero-order valence-corrected chi connectivity index (χ0v) is 31.6. The first-order chi connectivity index (χ1) is 22.9. The highest BCUT2D eigenvalue weighted by Crippen LogP contribution is 2.37. The number of nitrogens with two attached hydrogens (primary N) is 1. The Morgan fingerprint density at radius 1 is 0.917 bits per heavy atom. The Kier molecular flexibility index (Phi) is 14.3. The van der Waals surface area contributed by atoms with Crippen molar-refractivity contribution in [2.24, 2.45) is 17.6 Å². The van der Waals surface area contributed by atoms with Crippen LogP contribution in [0.1, 0.15) is 49.0 Å². The molecule has 0 bridgehead atoms. The number of hydrazine groups is 2. The molecular formula is C29H40Br2N8O7S2. The highest BCUT2D eigenvalue weighted by atomic mass is 79.9. The number of carbonyl (C=O) groups is 5. The molecule has 5 N–H and O–H groups in total. The Hall–Kier alpha value is -2.55. The van der Waals surface area contributed by atoms with E-state index in [1.54, 1.807) is 0 Å². The number of methoxy groups -OCH3 is 2. The molecule has 1 aliphatic carbocycles. The summed E-state index contributed by atoms with van der Waals surface area (Å²) >= 11 is 9.45. The molecule has 3 amide bonds. The monoisotopic (exact) mass is 834 g/mol. The van der Waals surface area contributed by atoms with Crippen LogP contribution in [0, 0.1) is 11.8 Å². The van der Waals surface area contributed by atoms with E-state index < -0.39 is 30.1 Å². The molecule has 0 aromatic carbocycles. The van der Waals surface area contributed by atoms with E-state index in [1.165, 1.54) is 46.9 Å². The van der Waals surface area contributed by atoms with Crippen LogP contribution in [0.5, 0.6) is 0 Å². The van der Waals surface area contributed by atoms with Gasteiger partial charge in [0.1, 0.15) is 27.3 Å². The predicted molar refractivity (Wildman–Crippen MR) is 184 cm³/mol. The summed E-state index contributed by atoms with van der Waals surface area (Å²) in [5.41, 5.74) is 11.8. The maximum atomic E-state index is 13.1. The maximum absolute atomic E-state index is 13.1. The van der Waals surface area contributed by atoms with Gasteiger partial charge in [-0.2, -0.15) is 0 Å². The van der Waals surface area contributed by atoms with Crippen LogP contribution in [0.3, 0.4) is 0 Å². The number of ether oxygens (including phenoxy) is 2. The van der Waals surface area contributed by atoms with Crippen molar-refractivity contribution in [1.82, 2.24) is 36.2 Å². The number of hydrogen-bond acceptors (Lipinski definition) is 14. The normalized spacial score (nSPS) is 23.2. The minimum atomic E-state index is -0.729. The summed E-state index contributed by atoms with van der Waals surface area (Å²) in [6, 6.07) is -2.46. The van der Waals surface area contributed by atoms with E-state index in [4.69, 9.17) is 15.2 Å². The Balaban J connectivity index is 0.000000224. The van der Waals surface area contributed by atoms with Crippen molar-refractivity contribution in [3.05, 3.63) is 30.0 Å². The second-order valence-electron chi connectivity index (χ2n) is 11.7. The molecule has 0 unspecified atom stereocenters. The first kappa shape index (κ1) is 38.3. The largest absolute Gasteiger partial charge is 0.468 e. The lowest BCUT2D eigenvalue weighted by Gasteiger charge is -2.34. The quantitative estimate of drug-likeness (QED) is 0.253. The summed E-state index contributed by atoms with van der Waals surface area (Å²) < 4.78 is 10.9. The molecule has 2 aliphatic heterocycles. The molecule has 3 aliphatic rings. The van der Waals surface area contributed by atoms with Crippen molar-refractivity contribution in [3.8, 4) is 0 Å². The number of nitrogens with zero attached hydrogens (tertiary/aromatic N) is 4. The SMILES string of the molecule is COC(=O)[C@@H]1CCCN(C(=O)[C@@H](N)Cc2nc(Br)cs2)N1.COC(=O)[C@@H]1CCCN(C(=O)[C@H](Cc2nc(Br)cs2)NC(=O)[C@H]2C[C@@H]2C)N1. The van der Waals surface area contributed by atoms with Gasteiger partial charge in [-0.15, -0.1) is 22.7 Å². The van der Waals surface area contributed by atoms with Crippen molar-refractivity contribution in [2.45, 2.75) is 76.0 Å². The topological polar surface area (TPSA) is 198 Å². The van der Waals surface area contributed by atoms with Gasteiger partial charge in [-0.25, -0.2) is 20.8 Å². The van der Waals surface area contributed by atoms with Gasteiger partial charge in [0, 0.05) is 42.6 Å². The zero-order chi connectivity index (χ0) is 35.0. The molecule has 0 radical (unpaired) electrons. The standard InChI is InChI=1S/C17H23BrN4O4S.C12H17BrN4O3S/c1-9-6-10(9)15(23)19-12(7-14-20-13(18)8-27-14)16(24)22-5-3-4-11(21-22)17(25)26-2;1-20-12(19)8-3-2-4-17(16-8)11(18)7(14)5-10-15-9(13)6-21-10/h8-12,21H,3-7H2,1-2H3,(H,19,23);6-8,16H,2-5,14H2,1H3/t9-,10-,11-,12-;7-,8-/m00/s1. The fourth-order valence-electron chi connectivity index (χ4n) is 5.28. The molecule has 2 aromatic heterocycles. The average Bonchev–Trinajstić information content (AvgIpc) is 3.47. The van der Waals surface area contributed by atoms with Crippen LogP contribution in [0.15, 0.2) is 20.0 Å². The van der Waals surface area contributed by atoms with Crippen LogP contribution in [-0.2, 0) is 46.3 Å². The van der Waals surface area contributed by atoms with E-state index in [9.17, 15) is 24.0 Å². The van der Waals surface area contributed by atoms with E-state index in [2.05, 4.69) is 58.0 Å². The van der Waals surface area contributed by atoms with Gasteiger partial charge in [0.05, 0.1) is 30.3 Å².